The quantitative estimate of drug-likeness (QED) is 0.860. The zero-order valence-corrected chi connectivity index (χ0v) is 12.4. The molecule has 0 radical (unpaired) electrons. The third kappa shape index (κ3) is 3.50. The van der Waals surface area contributed by atoms with E-state index in [1.807, 2.05) is 51.1 Å². The van der Waals surface area contributed by atoms with E-state index in [1.54, 1.807) is 0 Å². The van der Waals surface area contributed by atoms with Crippen LogP contribution < -0.4 is 4.72 Å². The average Bonchev–Trinajstić information content (AvgIpc) is 3.14. The van der Waals surface area contributed by atoms with Gasteiger partial charge in [0.2, 0.25) is 0 Å². The molecule has 1 fully saturated rings. The molecule has 1 aromatic carbocycles. The molecule has 0 spiro atoms. The van der Waals surface area contributed by atoms with Crippen molar-refractivity contribution in [3.8, 4) is 6.07 Å². The Kier molecular flexibility index (Phi) is 4.19. The molecule has 1 N–H and O–H groups in total. The number of nitrogens with zero attached hydrogens (tertiary/aromatic N) is 1. The monoisotopic (exact) mass is 276 g/mol. The predicted molar refractivity (Wildman–Crippen MR) is 77.4 cm³/mol. The Labute approximate surface area is 118 Å². The first-order valence-electron chi connectivity index (χ1n) is 6.56. The summed E-state index contributed by atoms with van der Waals surface area (Å²) in [5.74, 6) is 0.369. The Morgan fingerprint density at radius 3 is 2.47 bits per heavy atom. The summed E-state index contributed by atoms with van der Waals surface area (Å²) < 4.78 is 15.2. The molecule has 0 amide bonds. The van der Waals surface area contributed by atoms with Crippen LogP contribution in [0.1, 0.15) is 38.8 Å². The van der Waals surface area contributed by atoms with Crippen LogP contribution in [-0.2, 0) is 11.4 Å². The van der Waals surface area contributed by atoms with Gasteiger partial charge in [-0.1, -0.05) is 30.3 Å². The average molecular weight is 276 g/mol. The molecule has 1 aliphatic rings. The van der Waals surface area contributed by atoms with Crippen molar-refractivity contribution >= 4 is 11.4 Å². The predicted octanol–water partition coefficient (Wildman–Crippen LogP) is 2.94. The van der Waals surface area contributed by atoms with Gasteiger partial charge in [0.1, 0.15) is 4.75 Å². The van der Waals surface area contributed by atoms with Gasteiger partial charge in [-0.2, -0.15) is 5.26 Å². The smallest absolute Gasteiger partial charge is 0.136 e. The molecular weight excluding hydrogens is 256 g/mol. The van der Waals surface area contributed by atoms with Crippen LogP contribution in [0.5, 0.6) is 0 Å². The Hall–Kier alpha value is -1.02. The van der Waals surface area contributed by atoms with Crippen molar-refractivity contribution in [2.45, 2.75) is 38.0 Å². The number of benzene rings is 1. The summed E-state index contributed by atoms with van der Waals surface area (Å²) in [5.41, 5.74) is 1.11. The number of nitrogens with one attached hydrogen (secondary N) is 1. The van der Waals surface area contributed by atoms with Crippen LogP contribution in [0.2, 0.25) is 0 Å². The topological polar surface area (TPSA) is 58.9 Å². The molecule has 0 aliphatic heterocycles. The highest BCUT2D eigenvalue weighted by Gasteiger charge is 2.46. The third-order valence-electron chi connectivity index (χ3n) is 3.38. The van der Waals surface area contributed by atoms with Crippen molar-refractivity contribution in [1.82, 2.24) is 4.72 Å². The summed E-state index contributed by atoms with van der Waals surface area (Å²) in [7, 11) is 0. The highest BCUT2D eigenvalue weighted by Crippen LogP contribution is 2.47. The fraction of sp³-hybridized carbons (Fsp3) is 0.533. The van der Waals surface area contributed by atoms with E-state index in [0.29, 0.717) is 0 Å². The van der Waals surface area contributed by atoms with Gasteiger partial charge in [0.25, 0.3) is 0 Å². The first kappa shape index (κ1) is 14.4. The molecular formula is C15H20N2OS. The lowest BCUT2D eigenvalue weighted by molar-refractivity contribution is 0.498. The molecule has 1 aromatic rings. The number of hydrogen-bond acceptors (Lipinski definition) is 3. The van der Waals surface area contributed by atoms with Crippen molar-refractivity contribution in [1.29, 1.82) is 5.26 Å². The van der Waals surface area contributed by atoms with Crippen LogP contribution in [0.15, 0.2) is 30.3 Å². The van der Waals surface area contributed by atoms with Gasteiger partial charge in [0.15, 0.2) is 0 Å². The SMILES string of the molecule is CC(C)(C)[S@@+]([O-])NC(c1ccccc1)[C@@H]1C[C@H]1C#N. The van der Waals surface area contributed by atoms with Crippen molar-refractivity contribution in [3.63, 3.8) is 0 Å². The minimum absolute atomic E-state index is 0.00547. The van der Waals surface area contributed by atoms with Crippen LogP contribution in [0.25, 0.3) is 0 Å². The van der Waals surface area contributed by atoms with Crippen LogP contribution in [0.3, 0.4) is 0 Å². The lowest BCUT2D eigenvalue weighted by atomic mass is 10.0. The maximum Gasteiger partial charge on any atom is 0.136 e. The molecule has 19 heavy (non-hydrogen) atoms. The largest absolute Gasteiger partial charge is 0.598 e. The summed E-state index contributed by atoms with van der Waals surface area (Å²) in [6, 6.07) is 12.3. The van der Waals surface area contributed by atoms with Gasteiger partial charge < -0.3 is 4.55 Å². The maximum absolute atomic E-state index is 12.3. The Morgan fingerprint density at radius 2 is 2.00 bits per heavy atom. The Morgan fingerprint density at radius 1 is 1.37 bits per heavy atom. The molecule has 3 nitrogen and oxygen atoms in total. The lowest BCUT2D eigenvalue weighted by Gasteiger charge is -2.28. The van der Waals surface area contributed by atoms with Gasteiger partial charge in [0.05, 0.1) is 18.0 Å². The zero-order chi connectivity index (χ0) is 14.0. The van der Waals surface area contributed by atoms with Gasteiger partial charge in [-0.15, -0.1) is 4.72 Å². The molecule has 4 atom stereocenters. The molecule has 1 unspecified atom stereocenters. The van der Waals surface area contributed by atoms with Crippen LogP contribution in [-0.4, -0.2) is 9.30 Å². The highest BCUT2D eigenvalue weighted by atomic mass is 32.2. The van der Waals surface area contributed by atoms with E-state index in [9.17, 15) is 4.55 Å². The number of hydrogen-bond donors (Lipinski definition) is 1. The second-order valence-corrected chi connectivity index (χ2v) is 8.02. The molecule has 0 bridgehead atoms. The van der Waals surface area contributed by atoms with Crippen molar-refractivity contribution in [3.05, 3.63) is 35.9 Å². The van der Waals surface area contributed by atoms with E-state index in [4.69, 9.17) is 5.26 Å². The minimum atomic E-state index is -1.12. The van der Waals surface area contributed by atoms with Gasteiger partial charge in [-0.05, 0) is 38.7 Å². The number of nitriles is 1. The fourth-order valence-corrected chi connectivity index (χ4v) is 2.98. The Balaban J connectivity index is 2.15. The summed E-state index contributed by atoms with van der Waals surface area (Å²) in [5, 5.41) is 9.01. The molecule has 0 heterocycles. The summed E-state index contributed by atoms with van der Waals surface area (Å²) in [6.07, 6.45) is 0.893. The van der Waals surface area contributed by atoms with Crippen LogP contribution >= 0.6 is 0 Å². The van der Waals surface area contributed by atoms with E-state index in [1.165, 1.54) is 0 Å². The van der Waals surface area contributed by atoms with Crippen LogP contribution in [0.4, 0.5) is 0 Å². The molecule has 102 valence electrons. The van der Waals surface area contributed by atoms with E-state index in [-0.39, 0.29) is 22.6 Å². The van der Waals surface area contributed by atoms with Crippen LogP contribution in [0, 0.1) is 23.2 Å². The number of rotatable bonds is 4. The second kappa shape index (κ2) is 5.54. The summed E-state index contributed by atoms with van der Waals surface area (Å²) in [4.78, 5) is 0. The zero-order valence-electron chi connectivity index (χ0n) is 11.6. The standard InChI is InChI=1S/C15H20N2OS/c1-15(2,3)19(18)17-14(13-9-12(13)10-16)11-7-5-4-6-8-11/h4-8,12-14,17H,9H2,1-3H3/t12-,13+,14?,19+/m0/s1. The van der Waals surface area contributed by atoms with E-state index in [2.05, 4.69) is 10.8 Å². The lowest BCUT2D eigenvalue weighted by Crippen LogP contribution is -2.42. The molecule has 0 aromatic heterocycles. The van der Waals surface area contributed by atoms with Crippen molar-refractivity contribution in [2.24, 2.45) is 11.8 Å². The normalized spacial score (nSPS) is 25.4. The molecule has 1 saturated carbocycles. The van der Waals surface area contributed by atoms with Gasteiger partial charge in [-0.3, -0.25) is 0 Å². The Bertz CT molecular complexity index is 463. The summed E-state index contributed by atoms with van der Waals surface area (Å²) in [6.45, 7) is 5.85. The highest BCUT2D eigenvalue weighted by molar-refractivity contribution is 7.90. The maximum atomic E-state index is 12.3. The second-order valence-electron chi connectivity index (χ2n) is 6.02. The van der Waals surface area contributed by atoms with Crippen molar-refractivity contribution in [2.75, 3.05) is 0 Å². The third-order valence-corrected chi connectivity index (χ3v) is 4.96. The van der Waals surface area contributed by atoms with E-state index < -0.39 is 11.4 Å². The van der Waals surface area contributed by atoms with E-state index >= 15 is 0 Å². The first-order chi connectivity index (χ1) is 8.93. The minimum Gasteiger partial charge on any atom is -0.598 e. The van der Waals surface area contributed by atoms with E-state index in [0.717, 1.165) is 12.0 Å². The first-order valence-corrected chi connectivity index (χ1v) is 7.71. The molecule has 4 heteroatoms. The molecule has 1 aliphatic carbocycles. The van der Waals surface area contributed by atoms with Gasteiger partial charge in [-0.25, -0.2) is 0 Å². The van der Waals surface area contributed by atoms with Gasteiger partial charge >= 0.3 is 0 Å². The molecule has 2 rings (SSSR count). The molecule has 0 saturated heterocycles. The summed E-state index contributed by atoms with van der Waals surface area (Å²) >= 11 is -1.12. The van der Waals surface area contributed by atoms with Crippen molar-refractivity contribution < 1.29 is 4.55 Å². The fourth-order valence-electron chi connectivity index (χ4n) is 2.09. The van der Waals surface area contributed by atoms with Gasteiger partial charge in [0, 0.05) is 11.4 Å².